The molecule has 6 aromatic rings. The minimum Gasteiger partial charge on any atom is -0.455 e. The third kappa shape index (κ3) is 28.4. The number of nitrogens with two attached hydrogens (primary N) is 1. The van der Waals surface area contributed by atoms with Crippen molar-refractivity contribution >= 4 is 131 Å². The number of carbonyl (C=O) groups is 13. The minimum absolute atomic E-state index is 0.0150. The number of benzene rings is 5. The van der Waals surface area contributed by atoms with E-state index in [-0.39, 0.29) is 104 Å². The second kappa shape index (κ2) is 52.1. The van der Waals surface area contributed by atoms with E-state index >= 15 is 33.6 Å². The van der Waals surface area contributed by atoms with Crippen LogP contribution in [0.1, 0.15) is 166 Å². The van der Waals surface area contributed by atoms with Crippen molar-refractivity contribution < 1.29 is 121 Å². The molecule has 2 aliphatic heterocycles. The van der Waals surface area contributed by atoms with E-state index < -0.39 is 227 Å². The number of aliphatic hydroxyl groups excluding tert-OH is 3. The molecule has 21 atom stereocenters. The molecule has 41 heteroatoms. The van der Waals surface area contributed by atoms with E-state index in [1.54, 1.807) is 170 Å². The zero-order valence-electron chi connectivity index (χ0n) is 83.2. The number of amides is 10. The lowest BCUT2D eigenvalue weighted by Crippen LogP contribution is -2.81. The Bertz CT molecular complexity index is 5440. The van der Waals surface area contributed by atoms with Crippen molar-refractivity contribution in [2.24, 2.45) is 22.5 Å². The van der Waals surface area contributed by atoms with Gasteiger partial charge in [-0.3, -0.25) is 43.2 Å². The number of hydrogen-bond acceptors (Lipinski definition) is 30. The summed E-state index contributed by atoms with van der Waals surface area (Å²) in [6, 6.07) is 27.2. The second-order valence-corrected chi connectivity index (χ2v) is 44.1. The molecule has 2 saturated carbocycles. The SMILES string of the molecule is CCCCN(CCSSCCC(=O)N[C@H](Cc1ccccc1)C(=O)N[C@H]1CSSC[C@@H](C(=O)N[C@H](CO)[C@@H](C)O)NC(=O)[C@H]([C@@H](C)O)NC(=O)[C@H](CCCCCN)NC(=O)[C@@H](Cc2c[nH]c3ccccc23)NC(=O)[C@H](Cc2ccccc2)NC1=O)C(=O)O[C@@H](C(=O)O[C@H]1C[C@@]2(O)[C@@H](OC(=O)c3ccccc3)[C@@H]3[C@]4(O)CO[C@@H]4C[C@H](OC)[C@@]3(C)C(=O)[C@H](OC)C(=C1C)C2(C)C)[C@@H](NC(=O)OC(C)(C)C)c1ccccc1. The van der Waals surface area contributed by atoms with Gasteiger partial charge in [0.15, 0.2) is 5.78 Å². The van der Waals surface area contributed by atoms with Crippen LogP contribution in [-0.2, 0) is 100 Å². The van der Waals surface area contributed by atoms with Gasteiger partial charge in [-0.1, -0.05) is 211 Å². The molecule has 11 rings (SSSR count). The standard InChI is InChI=1S/C103H138N12O25S4/c1-13-14-45-115(98(131)138-84(82(64-36-24-17-25-37-64)114-97(130)140-99(5,6)7)96(129)137-76-53-103(133)87(139-95(128)65-38-26-18-27-39-65)85-101(10,77(134-11)52-78-102(85,132)58-136-78)86(120)83(135-12)80(59(76)2)100(103,8)9)46-48-142-141-47-43-79(119)106-70(49-62-32-20-15-21-33-62)89(122)111-74-56-143-144-57-75(93(126)110-73(55-116)60(3)117)112-94(127)81(61(4)118)113-88(121)69(42-28-19-31-44-104)107-91(124)72(51-66-54-105-68-41-30-29-40-67(66)68)109-90(123)71(108-92(74)125)50-63-34-22-16-23-35-63/h15-18,20-27,29-30,32-41,54,60-61,69-78,81-85,87,105,116-118,132-133H,13-14,19,28,31,42-53,55-58,104H2,1-12H3,(H,106,119)(H,107,124)(H,108,125)(H,109,123)(H,110,126)(H,111,122)(H,112,127)(H,113,121)(H,114,130)/t60-,61-,69+,70-,71+,72-,73-,74+,75+,76+,77+,78-,81+,82+,83-,84-,85+,87+,101-,102+,103-/m1/s1. The van der Waals surface area contributed by atoms with Gasteiger partial charge in [0.05, 0.1) is 54.6 Å². The molecule has 1 aromatic heterocycles. The summed E-state index contributed by atoms with van der Waals surface area (Å²) in [4.78, 5) is 201. The maximum Gasteiger partial charge on any atom is 0.410 e. The highest BCUT2D eigenvalue weighted by molar-refractivity contribution is 8.77. The molecule has 2 bridgehead atoms. The van der Waals surface area contributed by atoms with Crippen molar-refractivity contribution in [3.8, 4) is 0 Å². The first-order chi connectivity index (χ1) is 68.6. The lowest BCUT2D eigenvalue weighted by atomic mass is 9.44. The maximum absolute atomic E-state index is 16.0. The van der Waals surface area contributed by atoms with Gasteiger partial charge in [-0.05, 0) is 126 Å². The van der Waals surface area contributed by atoms with Crippen molar-refractivity contribution in [3.63, 3.8) is 0 Å². The Kier molecular flexibility index (Phi) is 41.1. The summed E-state index contributed by atoms with van der Waals surface area (Å²) >= 11 is 0. The quantitative estimate of drug-likeness (QED) is 0.00622. The highest BCUT2D eigenvalue weighted by atomic mass is 33.1. The largest absolute Gasteiger partial charge is 0.455 e. The lowest BCUT2D eigenvalue weighted by molar-refractivity contribution is -0.345. The fourth-order valence-electron chi connectivity index (χ4n) is 19.3. The number of ketones is 1. The van der Waals surface area contributed by atoms with Gasteiger partial charge in [-0.15, -0.1) is 0 Å². The van der Waals surface area contributed by atoms with E-state index in [0.717, 1.165) is 21.6 Å². The molecule has 0 radical (unpaired) electrons. The minimum atomic E-state index is -2.39. The molecule has 2 saturated heterocycles. The first-order valence-electron chi connectivity index (χ1n) is 48.7. The van der Waals surface area contributed by atoms with Crippen molar-refractivity contribution in [2.75, 3.05) is 70.1 Å². The topological polar surface area (TPSA) is 541 Å². The number of nitrogens with zero attached hydrogens (tertiary/aromatic N) is 1. The zero-order valence-corrected chi connectivity index (χ0v) is 86.5. The van der Waals surface area contributed by atoms with Gasteiger partial charge in [0, 0.05) is 117 Å². The monoisotopic (exact) mass is 2070 g/mol. The van der Waals surface area contributed by atoms with Gasteiger partial charge >= 0.3 is 24.1 Å². The van der Waals surface area contributed by atoms with Crippen LogP contribution in [0.2, 0.25) is 0 Å². The van der Waals surface area contributed by atoms with Crippen LogP contribution in [0.5, 0.6) is 0 Å². The molecular weight excluding hydrogens is 1930 g/mol. The molecule has 144 heavy (non-hydrogen) atoms. The first-order valence-corrected chi connectivity index (χ1v) is 53.7. The number of Topliss-reactive ketones (excluding diaryl/α,β-unsaturated/α-hetero) is 1. The normalized spacial score (nSPS) is 26.1. The molecule has 3 aliphatic carbocycles. The summed E-state index contributed by atoms with van der Waals surface area (Å²) in [6.07, 6.45) is -11.0. The van der Waals surface area contributed by atoms with Gasteiger partial charge in [-0.2, -0.15) is 0 Å². The van der Waals surface area contributed by atoms with Crippen LogP contribution < -0.4 is 53.6 Å². The second-order valence-electron chi connectivity index (χ2n) is 38.9. The summed E-state index contributed by atoms with van der Waals surface area (Å²) in [5, 5.41) is 84.8. The number of ether oxygens (including phenoxy) is 7. The Morgan fingerprint density at radius 3 is 1.93 bits per heavy atom. The first kappa shape index (κ1) is 114. The summed E-state index contributed by atoms with van der Waals surface area (Å²) in [5.74, 6) is -11.6. The number of methoxy groups -OCH3 is 2. The predicted molar refractivity (Wildman–Crippen MR) is 545 cm³/mol. The molecule has 784 valence electrons. The maximum atomic E-state index is 16.0. The summed E-state index contributed by atoms with van der Waals surface area (Å²) in [7, 11) is 7.13. The average Bonchev–Trinajstić information content (AvgIpc) is 0.673. The average molecular weight is 2070 g/mol. The molecule has 3 heterocycles. The van der Waals surface area contributed by atoms with Crippen LogP contribution in [0.3, 0.4) is 0 Å². The Balaban J connectivity index is 0.848. The zero-order chi connectivity index (χ0) is 105. The molecule has 0 spiro atoms. The Hall–Kier alpha value is -10.7. The van der Waals surface area contributed by atoms with Crippen LogP contribution in [0.25, 0.3) is 10.9 Å². The van der Waals surface area contributed by atoms with Crippen molar-refractivity contribution in [3.05, 3.63) is 191 Å². The lowest BCUT2D eigenvalue weighted by Gasteiger charge is -2.67. The number of carbonyl (C=O) groups excluding carboxylic acids is 13. The van der Waals surface area contributed by atoms with Crippen LogP contribution in [-0.4, -0.2) is 297 Å². The van der Waals surface area contributed by atoms with Crippen molar-refractivity contribution in [1.82, 2.24) is 57.7 Å². The predicted octanol–water partition coefficient (Wildman–Crippen LogP) is 6.77. The van der Waals surface area contributed by atoms with Crippen molar-refractivity contribution in [2.45, 2.75) is 266 Å². The number of aromatic nitrogens is 1. The van der Waals surface area contributed by atoms with E-state index in [1.165, 1.54) is 66.7 Å². The third-order valence-corrected chi connectivity index (χ3v) is 32.1. The third-order valence-electron chi connectivity index (χ3n) is 27.3. The van der Waals surface area contributed by atoms with Gasteiger partial charge in [0.2, 0.25) is 53.4 Å². The van der Waals surface area contributed by atoms with E-state index in [1.807, 2.05) is 25.1 Å². The number of nitrogens with one attached hydrogen (secondary N) is 10. The molecule has 5 aliphatic rings. The number of unbranched alkanes of at least 4 members (excludes halogenated alkanes) is 3. The Morgan fingerprint density at radius 1 is 0.688 bits per heavy atom. The number of para-hydroxylation sites is 1. The fraction of sp³-hybridized carbons (Fsp3) is 0.544. The number of esters is 2. The van der Waals surface area contributed by atoms with Gasteiger partial charge in [-0.25, -0.2) is 19.2 Å². The van der Waals surface area contributed by atoms with Crippen LogP contribution in [0.4, 0.5) is 9.59 Å². The fourth-order valence-corrected chi connectivity index (χ4v) is 23.6. The molecule has 10 amide bonds. The highest BCUT2D eigenvalue weighted by Gasteiger charge is 2.77. The van der Waals surface area contributed by atoms with Crippen LogP contribution in [0, 0.1) is 16.7 Å². The number of rotatable bonds is 39. The number of hydrogen-bond donors (Lipinski definition) is 16. The van der Waals surface area contributed by atoms with Crippen molar-refractivity contribution in [1.29, 1.82) is 0 Å². The smallest absolute Gasteiger partial charge is 0.410 e. The molecule has 4 fully saturated rings. The highest BCUT2D eigenvalue weighted by Crippen LogP contribution is 2.64. The van der Waals surface area contributed by atoms with Gasteiger partial charge < -0.3 is 122 Å². The van der Waals surface area contributed by atoms with E-state index in [4.69, 9.17) is 38.9 Å². The van der Waals surface area contributed by atoms with Crippen LogP contribution in [0.15, 0.2) is 163 Å². The van der Waals surface area contributed by atoms with E-state index in [2.05, 4.69) is 52.8 Å². The van der Waals surface area contributed by atoms with Crippen LogP contribution >= 0.6 is 43.2 Å². The molecule has 5 aromatic carbocycles. The number of fused-ring (bicyclic) bond motifs is 6. The summed E-state index contributed by atoms with van der Waals surface area (Å²) < 4.78 is 43.8. The number of aromatic amines is 1. The number of alkyl carbamates (subject to hydrolysis) is 1. The molecule has 17 N–H and O–H groups in total. The molecule has 37 nitrogen and oxygen atoms in total. The Morgan fingerprint density at radius 2 is 1.31 bits per heavy atom. The number of aliphatic hydroxyl groups is 5. The van der Waals surface area contributed by atoms with Gasteiger partial charge in [0.1, 0.15) is 83.4 Å². The Labute approximate surface area is 854 Å². The molecule has 0 unspecified atom stereocenters. The summed E-state index contributed by atoms with van der Waals surface area (Å²) in [5.41, 5.74) is 0.212. The van der Waals surface area contributed by atoms with E-state index in [9.17, 15) is 54.3 Å². The summed E-state index contributed by atoms with van der Waals surface area (Å²) in [6.45, 7) is 15.2. The molecular formula is C103H138N12O25S4. The van der Waals surface area contributed by atoms with Gasteiger partial charge in [0.25, 0.3) is 0 Å². The van der Waals surface area contributed by atoms with E-state index in [0.29, 0.717) is 66.2 Å². The number of H-pyrrole nitrogens is 1.